The van der Waals surface area contributed by atoms with Crippen molar-refractivity contribution in [1.29, 1.82) is 0 Å². The fraction of sp³-hybridized carbons (Fsp3) is 0.308. The van der Waals surface area contributed by atoms with Gasteiger partial charge in [-0.3, -0.25) is 4.79 Å². The van der Waals surface area contributed by atoms with Crippen LogP contribution in [0.25, 0.3) is 0 Å². The van der Waals surface area contributed by atoms with Gasteiger partial charge in [-0.05, 0) is 19.1 Å². The van der Waals surface area contributed by atoms with Gasteiger partial charge in [0.05, 0.1) is 11.1 Å². The van der Waals surface area contributed by atoms with Crippen LogP contribution in [0, 0.1) is 17.3 Å². The van der Waals surface area contributed by atoms with E-state index in [0.717, 1.165) is 0 Å². The summed E-state index contributed by atoms with van der Waals surface area (Å²) in [6.07, 6.45) is 0. The molecule has 1 aromatic carbocycles. The predicted molar refractivity (Wildman–Crippen MR) is 66.6 cm³/mol. The molecule has 1 nitrogen and oxygen atoms in total. The molecule has 0 atom stereocenters. The molecule has 0 amide bonds. The van der Waals surface area contributed by atoms with E-state index in [1.807, 2.05) is 0 Å². The Kier molecular flexibility index (Phi) is 3.66. The number of benzene rings is 1. The fourth-order valence-corrected chi connectivity index (χ4v) is 1.66. The number of rotatable bonds is 1. The normalized spacial score (nSPS) is 10.6. The molecule has 0 fully saturated rings. The quantitative estimate of drug-likeness (QED) is 0.414. The lowest BCUT2D eigenvalue weighted by Crippen LogP contribution is -2.16. The standard InChI is InChI=1S/C13H15FOSi/c1-10(15)12-7-5-6-11(13(12)14)8-9-16(2,3)4/h5-7H,1-4H3. The summed E-state index contributed by atoms with van der Waals surface area (Å²) in [7, 11) is -1.52. The van der Waals surface area contributed by atoms with E-state index in [-0.39, 0.29) is 11.3 Å². The van der Waals surface area contributed by atoms with E-state index in [1.165, 1.54) is 13.0 Å². The molecule has 0 N–H and O–H groups in total. The van der Waals surface area contributed by atoms with E-state index in [2.05, 4.69) is 31.1 Å². The Morgan fingerprint density at radius 3 is 2.44 bits per heavy atom. The van der Waals surface area contributed by atoms with Crippen molar-refractivity contribution >= 4 is 13.9 Å². The summed E-state index contributed by atoms with van der Waals surface area (Å²) in [4.78, 5) is 11.1. The zero-order chi connectivity index (χ0) is 12.3. The second kappa shape index (κ2) is 4.63. The molecule has 0 spiro atoms. The van der Waals surface area contributed by atoms with Gasteiger partial charge >= 0.3 is 0 Å². The molecule has 84 valence electrons. The number of carbonyl (C=O) groups is 1. The second-order valence-electron chi connectivity index (χ2n) is 4.72. The van der Waals surface area contributed by atoms with Crippen LogP contribution in [0.5, 0.6) is 0 Å². The number of hydrogen-bond acceptors (Lipinski definition) is 1. The molecule has 3 heteroatoms. The maximum atomic E-state index is 13.8. The van der Waals surface area contributed by atoms with Gasteiger partial charge in [0.1, 0.15) is 13.9 Å². The number of hydrogen-bond donors (Lipinski definition) is 0. The van der Waals surface area contributed by atoms with Crippen LogP contribution in [0.4, 0.5) is 4.39 Å². The molecule has 1 aromatic rings. The third kappa shape index (κ3) is 3.32. The van der Waals surface area contributed by atoms with Crippen molar-refractivity contribution in [3.8, 4) is 11.5 Å². The lowest BCUT2D eigenvalue weighted by atomic mass is 10.1. The molecule has 16 heavy (non-hydrogen) atoms. The Hall–Kier alpha value is -1.40. The van der Waals surface area contributed by atoms with E-state index < -0.39 is 13.9 Å². The lowest BCUT2D eigenvalue weighted by molar-refractivity contribution is 0.101. The van der Waals surface area contributed by atoms with Crippen LogP contribution in [0.15, 0.2) is 18.2 Å². The summed E-state index contributed by atoms with van der Waals surface area (Å²) >= 11 is 0. The zero-order valence-corrected chi connectivity index (χ0v) is 11.0. The first-order valence-corrected chi connectivity index (χ1v) is 8.64. The fourth-order valence-electron chi connectivity index (χ4n) is 1.16. The Balaban J connectivity index is 3.20. The van der Waals surface area contributed by atoms with Gasteiger partial charge < -0.3 is 0 Å². The largest absolute Gasteiger partial charge is 0.294 e. The van der Waals surface area contributed by atoms with Crippen molar-refractivity contribution in [1.82, 2.24) is 0 Å². The molecule has 0 aliphatic carbocycles. The monoisotopic (exact) mass is 234 g/mol. The third-order valence-corrected chi connectivity index (χ3v) is 2.83. The van der Waals surface area contributed by atoms with Crippen molar-refractivity contribution in [2.24, 2.45) is 0 Å². The van der Waals surface area contributed by atoms with Gasteiger partial charge in [0.2, 0.25) is 0 Å². The van der Waals surface area contributed by atoms with Crippen LogP contribution in [-0.4, -0.2) is 13.9 Å². The number of ketones is 1. The summed E-state index contributed by atoms with van der Waals surface area (Å²) in [5.41, 5.74) is 3.51. The first-order chi connectivity index (χ1) is 7.31. The first kappa shape index (κ1) is 12.7. The minimum Gasteiger partial charge on any atom is -0.294 e. The van der Waals surface area contributed by atoms with Crippen molar-refractivity contribution in [3.05, 3.63) is 35.1 Å². The molecule has 0 bridgehead atoms. The molecule has 0 heterocycles. The highest BCUT2D eigenvalue weighted by Crippen LogP contribution is 2.13. The van der Waals surface area contributed by atoms with Crippen LogP contribution >= 0.6 is 0 Å². The smallest absolute Gasteiger partial charge is 0.162 e. The van der Waals surface area contributed by atoms with E-state index in [4.69, 9.17) is 0 Å². The molecule has 0 unspecified atom stereocenters. The Morgan fingerprint density at radius 2 is 1.94 bits per heavy atom. The second-order valence-corrected chi connectivity index (χ2v) is 9.47. The summed E-state index contributed by atoms with van der Waals surface area (Å²) < 4.78 is 13.8. The van der Waals surface area contributed by atoms with Crippen LogP contribution in [-0.2, 0) is 0 Å². The molecule has 1 rings (SSSR count). The minimum absolute atomic E-state index is 0.113. The predicted octanol–water partition coefficient (Wildman–Crippen LogP) is 3.26. The van der Waals surface area contributed by atoms with Gasteiger partial charge in [-0.25, -0.2) is 4.39 Å². The van der Waals surface area contributed by atoms with Gasteiger partial charge in [0.25, 0.3) is 0 Å². The zero-order valence-electron chi connectivity index (χ0n) is 10.0. The van der Waals surface area contributed by atoms with E-state index in [1.54, 1.807) is 12.1 Å². The highest BCUT2D eigenvalue weighted by atomic mass is 28.3. The van der Waals surface area contributed by atoms with Gasteiger partial charge in [0.15, 0.2) is 5.78 Å². The molecule has 0 aliphatic rings. The van der Waals surface area contributed by atoms with Gasteiger partial charge in [-0.15, -0.1) is 5.54 Å². The number of halogens is 1. The maximum Gasteiger partial charge on any atom is 0.162 e. The Labute approximate surface area is 96.7 Å². The van der Waals surface area contributed by atoms with Crippen molar-refractivity contribution < 1.29 is 9.18 Å². The first-order valence-electron chi connectivity index (χ1n) is 5.14. The average molecular weight is 234 g/mol. The average Bonchev–Trinajstić information content (AvgIpc) is 2.14. The molecule has 0 saturated heterocycles. The molecular weight excluding hydrogens is 219 g/mol. The molecule has 0 aromatic heterocycles. The van der Waals surface area contributed by atoms with Crippen molar-refractivity contribution in [2.75, 3.05) is 0 Å². The van der Waals surface area contributed by atoms with Crippen LogP contribution in [0.1, 0.15) is 22.8 Å². The SMILES string of the molecule is CC(=O)c1cccc(C#C[Si](C)(C)C)c1F. The van der Waals surface area contributed by atoms with Crippen molar-refractivity contribution in [3.63, 3.8) is 0 Å². The highest BCUT2D eigenvalue weighted by Gasteiger charge is 2.11. The minimum atomic E-state index is -1.52. The van der Waals surface area contributed by atoms with Crippen LogP contribution in [0.3, 0.4) is 0 Å². The topological polar surface area (TPSA) is 17.1 Å². The maximum absolute atomic E-state index is 13.8. The van der Waals surface area contributed by atoms with Gasteiger partial charge in [0, 0.05) is 0 Å². The van der Waals surface area contributed by atoms with Crippen LogP contribution in [0.2, 0.25) is 19.6 Å². The number of carbonyl (C=O) groups excluding carboxylic acids is 1. The Bertz CT molecular complexity index is 475. The molecular formula is C13H15FOSi. The summed E-state index contributed by atoms with van der Waals surface area (Å²) in [5, 5.41) is 0. The number of Topliss-reactive ketones (excluding diaryl/α,β-unsaturated/α-hetero) is 1. The van der Waals surface area contributed by atoms with E-state index in [9.17, 15) is 9.18 Å². The molecule has 0 saturated carbocycles. The highest BCUT2D eigenvalue weighted by molar-refractivity contribution is 6.83. The summed E-state index contributed by atoms with van der Waals surface area (Å²) in [6.45, 7) is 7.63. The summed E-state index contributed by atoms with van der Waals surface area (Å²) in [6, 6.07) is 4.75. The van der Waals surface area contributed by atoms with Crippen molar-refractivity contribution in [2.45, 2.75) is 26.6 Å². The summed E-state index contributed by atoms with van der Waals surface area (Å²) in [5.74, 6) is 2.06. The molecule has 0 radical (unpaired) electrons. The van der Waals surface area contributed by atoms with Crippen LogP contribution < -0.4 is 0 Å². The lowest BCUT2D eigenvalue weighted by Gasteiger charge is -2.04. The Morgan fingerprint density at radius 1 is 1.31 bits per heavy atom. The molecule has 0 aliphatic heterocycles. The van der Waals surface area contributed by atoms with Gasteiger partial charge in [-0.1, -0.05) is 31.6 Å². The van der Waals surface area contributed by atoms with E-state index in [0.29, 0.717) is 5.56 Å². The third-order valence-electron chi connectivity index (χ3n) is 1.95. The van der Waals surface area contributed by atoms with Gasteiger partial charge in [-0.2, -0.15) is 0 Å². The van der Waals surface area contributed by atoms with E-state index >= 15 is 0 Å².